The molecule has 0 aromatic rings. The Morgan fingerprint density at radius 2 is 1.38 bits per heavy atom. The van der Waals surface area contributed by atoms with Crippen LogP contribution in [0.5, 0.6) is 0 Å². The Kier molecular flexibility index (Phi) is 1.67. The van der Waals surface area contributed by atoms with Crippen molar-refractivity contribution >= 4 is 0 Å². The van der Waals surface area contributed by atoms with Crippen LogP contribution in [0.3, 0.4) is 0 Å². The second kappa shape index (κ2) is 2.30. The Bertz CT molecular complexity index is 56.4. The van der Waals surface area contributed by atoms with Crippen LogP contribution in [-0.4, -0.2) is 0 Å². The van der Waals surface area contributed by atoms with Crippen molar-refractivity contribution in [2.75, 3.05) is 0 Å². The van der Waals surface area contributed by atoms with Crippen molar-refractivity contribution in [3.8, 4) is 0 Å². The van der Waals surface area contributed by atoms with E-state index in [4.69, 9.17) is 0 Å². The lowest BCUT2D eigenvalue weighted by Crippen LogP contribution is -3.31. The standard InChI is InChI=1S/H4N4O4/c5-3-1-7-4(6)2-8-3/h1-4H. The van der Waals surface area contributed by atoms with E-state index in [9.17, 15) is 10.4 Å². The highest BCUT2D eigenvalue weighted by atomic mass is 17.2. The summed E-state index contributed by atoms with van der Waals surface area (Å²) in [5, 5.41) is 18.2. The van der Waals surface area contributed by atoms with E-state index < -0.39 is 10.7 Å². The predicted molar refractivity (Wildman–Crippen MR) is 17.1 cm³/mol. The molecule has 8 nitrogen and oxygen atoms in total. The average molecular weight is 124 g/mol. The van der Waals surface area contributed by atoms with Crippen molar-refractivity contribution in [1.29, 1.82) is 0 Å². The largest absolute Gasteiger partial charge is 0.576 e. The number of nitrogens with one attached hydrogen (secondary N) is 4. The van der Waals surface area contributed by atoms with E-state index in [1.807, 2.05) is 0 Å². The first-order valence-corrected chi connectivity index (χ1v) is 1.72. The molecule has 1 heterocycles. The fourth-order valence-corrected chi connectivity index (χ4v) is 0.218. The zero-order chi connectivity index (χ0) is 5.98. The van der Waals surface area contributed by atoms with Gasteiger partial charge in [-0.1, -0.05) is 10.7 Å². The molecule has 0 spiro atoms. The van der Waals surface area contributed by atoms with Gasteiger partial charge >= 0.3 is 0 Å². The molecule has 4 N–H and O–H groups in total. The van der Waals surface area contributed by atoms with E-state index in [2.05, 4.69) is 9.88 Å². The van der Waals surface area contributed by atoms with Crippen molar-refractivity contribution in [2.45, 2.75) is 0 Å². The summed E-state index contributed by atoms with van der Waals surface area (Å²) >= 11 is 0. The van der Waals surface area contributed by atoms with Crippen LogP contribution in [0, 0.1) is 10.4 Å². The van der Waals surface area contributed by atoms with Gasteiger partial charge in [0.1, 0.15) is 0 Å². The number of hydrogen-bond donors (Lipinski definition) is 4. The van der Waals surface area contributed by atoms with E-state index in [0.29, 0.717) is 0 Å². The first-order chi connectivity index (χ1) is 3.79. The Balaban J connectivity index is 2.19. The van der Waals surface area contributed by atoms with Gasteiger partial charge < -0.3 is 10.4 Å². The van der Waals surface area contributed by atoms with Gasteiger partial charge in [-0.05, 0) is 9.88 Å². The topological polar surface area (TPSA) is 97.5 Å². The molecule has 8 heavy (non-hydrogen) atoms. The van der Waals surface area contributed by atoms with Gasteiger partial charge in [-0.15, -0.1) is 0 Å². The summed E-state index contributed by atoms with van der Waals surface area (Å²) in [4.78, 5) is 7.83. The van der Waals surface area contributed by atoms with Crippen LogP contribution in [0.25, 0.3) is 0 Å². The third-order valence-electron chi connectivity index (χ3n) is 0.454. The maximum atomic E-state index is 9.94. The first kappa shape index (κ1) is 5.81. The minimum absolute atomic E-state index is 0.843. The fourth-order valence-electron chi connectivity index (χ4n) is 0.218. The molecule has 1 aliphatic heterocycles. The van der Waals surface area contributed by atoms with Gasteiger partial charge in [0.05, 0.1) is 0 Å². The maximum Gasteiger partial charge on any atom is 0.0487 e. The van der Waals surface area contributed by atoms with E-state index >= 15 is 0 Å². The van der Waals surface area contributed by atoms with E-state index in [1.54, 1.807) is 11.2 Å². The van der Waals surface area contributed by atoms with E-state index in [0.717, 1.165) is 0 Å². The van der Waals surface area contributed by atoms with Crippen LogP contribution in [0.1, 0.15) is 0 Å². The summed E-state index contributed by atoms with van der Waals surface area (Å²) in [6, 6.07) is 0. The van der Waals surface area contributed by atoms with Crippen molar-refractivity contribution in [1.82, 2.24) is 11.2 Å². The maximum absolute atomic E-state index is 9.94. The quantitative estimate of drug-likeness (QED) is 0.243. The lowest BCUT2D eigenvalue weighted by atomic mass is 12.3. The van der Waals surface area contributed by atoms with Gasteiger partial charge in [0.25, 0.3) is 0 Å². The van der Waals surface area contributed by atoms with Gasteiger partial charge in [-0.25, -0.2) is 0 Å². The Morgan fingerprint density at radius 3 is 1.62 bits per heavy atom. The molecule has 0 aromatic heterocycles. The van der Waals surface area contributed by atoms with Gasteiger partial charge in [0.15, 0.2) is 0 Å². The second-order valence-corrected chi connectivity index (χ2v) is 0.983. The van der Waals surface area contributed by atoms with Gasteiger partial charge in [0.2, 0.25) is 0 Å². The molecule has 1 rings (SSSR count). The Hall–Kier alpha value is -0.320. The Morgan fingerprint density at radius 1 is 1.00 bits per heavy atom. The molecule has 0 saturated carbocycles. The molecule has 0 bridgehead atoms. The third-order valence-corrected chi connectivity index (χ3v) is 0.454. The summed E-state index contributed by atoms with van der Waals surface area (Å²) < 4.78 is 0. The van der Waals surface area contributed by atoms with Crippen molar-refractivity contribution < 1.29 is 20.5 Å². The molecule has 8 heteroatoms. The number of hydrogen-bond acceptors (Lipinski definition) is 6. The summed E-state index contributed by atoms with van der Waals surface area (Å²) in [7, 11) is 0. The molecular formula is H4N4O4. The van der Waals surface area contributed by atoms with Gasteiger partial charge in [-0.3, -0.25) is 0 Å². The zero-order valence-corrected chi connectivity index (χ0v) is 3.63. The molecule has 1 saturated heterocycles. The molecule has 1 aliphatic rings. The van der Waals surface area contributed by atoms with Crippen molar-refractivity contribution in [3.63, 3.8) is 0 Å². The van der Waals surface area contributed by atoms with Gasteiger partial charge in [0, 0.05) is 11.2 Å². The fraction of sp³-hybridized carbons (Fsp3) is 0. The van der Waals surface area contributed by atoms with E-state index in [1.165, 1.54) is 0 Å². The van der Waals surface area contributed by atoms with Crippen molar-refractivity contribution in [2.24, 2.45) is 0 Å². The smallest absolute Gasteiger partial charge is 0.0487 e. The van der Waals surface area contributed by atoms with Crippen LogP contribution >= 0.6 is 0 Å². The number of quaternary nitrogens is 2. The molecular weight excluding hydrogens is 120 g/mol. The highest BCUT2D eigenvalue weighted by Gasteiger charge is 2.11. The van der Waals surface area contributed by atoms with Crippen LogP contribution in [0.2, 0.25) is 0 Å². The molecule has 1 fully saturated rings. The Labute approximate surface area is 43.5 Å². The highest BCUT2D eigenvalue weighted by Crippen LogP contribution is 1.41. The minimum Gasteiger partial charge on any atom is -0.576 e. The molecule has 0 radical (unpaired) electrons. The molecule has 2 unspecified atom stereocenters. The van der Waals surface area contributed by atoms with Crippen LogP contribution < -0.4 is 21.8 Å². The second-order valence-electron chi connectivity index (χ2n) is 0.983. The first-order valence-electron chi connectivity index (χ1n) is 1.72. The molecule has 48 valence electrons. The van der Waals surface area contributed by atoms with Crippen LogP contribution in [0.4, 0.5) is 0 Å². The SMILES string of the molecule is [O-][NH+]1NO[NH+]([O-])NO1. The van der Waals surface area contributed by atoms with Crippen LogP contribution in [-0.2, 0) is 9.88 Å². The predicted octanol–water partition coefficient (Wildman–Crippen LogP) is -4.53. The zero-order valence-electron chi connectivity index (χ0n) is 3.63. The summed E-state index contributed by atoms with van der Waals surface area (Å²) in [6.07, 6.45) is 0. The lowest BCUT2D eigenvalue weighted by Gasteiger charge is -2.26. The summed E-state index contributed by atoms with van der Waals surface area (Å²) in [5.74, 6) is 0. The normalized spacial score (nSPS) is 39.8. The van der Waals surface area contributed by atoms with E-state index in [-0.39, 0.29) is 0 Å². The monoisotopic (exact) mass is 124 g/mol. The van der Waals surface area contributed by atoms with Crippen LogP contribution in [0.15, 0.2) is 0 Å². The van der Waals surface area contributed by atoms with Crippen molar-refractivity contribution in [3.05, 3.63) is 10.4 Å². The highest BCUT2D eigenvalue weighted by molar-refractivity contribution is 3.85. The summed E-state index contributed by atoms with van der Waals surface area (Å²) in [6.45, 7) is 0. The lowest BCUT2D eigenvalue weighted by molar-refractivity contribution is -1.29. The number of rotatable bonds is 0. The third kappa shape index (κ3) is 1.33. The summed E-state index contributed by atoms with van der Waals surface area (Å²) in [5.41, 5.74) is 3.32. The molecule has 0 aromatic carbocycles. The minimum atomic E-state index is -0.843. The van der Waals surface area contributed by atoms with Gasteiger partial charge in [-0.2, -0.15) is 0 Å². The molecule has 2 atom stereocenters. The average Bonchev–Trinajstić information content (AvgIpc) is 1.77. The molecule has 0 amide bonds. The molecule has 0 aliphatic carbocycles.